The Kier molecular flexibility index (Phi) is 49.2. The Labute approximate surface area is 409 Å². The summed E-state index contributed by atoms with van der Waals surface area (Å²) in [5.74, 6) is -1.12. The van der Waals surface area contributed by atoms with E-state index in [0.29, 0.717) is 19.3 Å². The van der Waals surface area contributed by atoms with E-state index in [1.54, 1.807) is 0 Å². The molecule has 0 heterocycles. The summed E-state index contributed by atoms with van der Waals surface area (Å²) in [6.45, 7) is 6.12. The molecule has 0 rings (SSSR count). The van der Waals surface area contributed by atoms with Crippen LogP contribution in [0, 0.1) is 0 Å². The Morgan fingerprint density at radius 3 is 0.836 bits per heavy atom. The minimum atomic E-state index is -0.857. The highest BCUT2D eigenvalue weighted by Crippen LogP contribution is 2.09. The van der Waals surface area contributed by atoms with Crippen molar-refractivity contribution in [1.82, 2.24) is 0 Å². The highest BCUT2D eigenvalue weighted by Gasteiger charge is 2.19. The third-order valence-corrected chi connectivity index (χ3v) is 9.70. The summed E-state index contributed by atoms with van der Waals surface area (Å²) in [6.07, 6.45) is 79.2. The van der Waals surface area contributed by atoms with Gasteiger partial charge in [0.2, 0.25) is 0 Å². The molecule has 0 aromatic rings. The molecule has 0 radical (unpaired) electrons. The second-order valence-corrected chi connectivity index (χ2v) is 15.9. The maximum absolute atomic E-state index is 12.8. The van der Waals surface area contributed by atoms with Gasteiger partial charge in [-0.3, -0.25) is 14.4 Å². The van der Waals surface area contributed by atoms with Crippen LogP contribution in [-0.2, 0) is 28.6 Å². The van der Waals surface area contributed by atoms with Gasteiger partial charge in [0.05, 0.1) is 0 Å². The summed E-state index contributed by atoms with van der Waals surface area (Å²) in [6, 6.07) is 0. The van der Waals surface area contributed by atoms with Gasteiger partial charge in [0.1, 0.15) is 13.2 Å². The van der Waals surface area contributed by atoms with Crippen LogP contribution in [0.3, 0.4) is 0 Å². The lowest BCUT2D eigenvalue weighted by Gasteiger charge is -2.18. The van der Waals surface area contributed by atoms with Gasteiger partial charge in [0, 0.05) is 19.3 Å². The topological polar surface area (TPSA) is 78.9 Å². The van der Waals surface area contributed by atoms with Gasteiger partial charge in [-0.15, -0.1) is 0 Å². The second kappa shape index (κ2) is 53.4. The molecule has 0 bridgehead atoms. The molecule has 0 aliphatic rings. The van der Waals surface area contributed by atoms with Gasteiger partial charge >= 0.3 is 17.9 Å². The van der Waals surface area contributed by atoms with Gasteiger partial charge in [-0.2, -0.15) is 0 Å². The number of ether oxygens (including phenoxy) is 3. The summed E-state index contributed by atoms with van der Waals surface area (Å²) in [7, 11) is 0. The summed E-state index contributed by atoms with van der Waals surface area (Å²) in [5, 5.41) is 0. The van der Waals surface area contributed by atoms with Gasteiger partial charge in [-0.25, -0.2) is 0 Å². The molecule has 0 saturated heterocycles. The van der Waals surface area contributed by atoms with Crippen LogP contribution in [0.15, 0.2) is 170 Å². The third-order valence-electron chi connectivity index (χ3n) is 9.70. The van der Waals surface area contributed by atoms with Crippen molar-refractivity contribution in [3.05, 3.63) is 170 Å². The quantitative estimate of drug-likeness (QED) is 0.0262. The monoisotopic (exact) mass is 919 g/mol. The van der Waals surface area contributed by atoms with Gasteiger partial charge in [0.25, 0.3) is 0 Å². The lowest BCUT2D eigenvalue weighted by Crippen LogP contribution is -2.30. The highest BCUT2D eigenvalue weighted by atomic mass is 16.6. The first-order chi connectivity index (χ1) is 33.0. The molecule has 0 spiro atoms. The Morgan fingerprint density at radius 2 is 0.537 bits per heavy atom. The second-order valence-electron chi connectivity index (χ2n) is 15.9. The number of esters is 3. The van der Waals surface area contributed by atoms with Crippen LogP contribution in [0.4, 0.5) is 0 Å². The van der Waals surface area contributed by atoms with Crippen LogP contribution in [-0.4, -0.2) is 37.2 Å². The lowest BCUT2D eigenvalue weighted by molar-refractivity contribution is -0.167. The molecule has 1 unspecified atom stereocenters. The van der Waals surface area contributed by atoms with Crippen LogP contribution in [0.1, 0.15) is 175 Å². The van der Waals surface area contributed by atoms with E-state index >= 15 is 0 Å². The van der Waals surface area contributed by atoms with Crippen molar-refractivity contribution in [3.8, 4) is 0 Å². The molecule has 0 aliphatic heterocycles. The van der Waals surface area contributed by atoms with Crippen LogP contribution in [0.2, 0.25) is 0 Å². The van der Waals surface area contributed by atoms with E-state index in [4.69, 9.17) is 14.2 Å². The molecule has 6 heteroatoms. The molecule has 67 heavy (non-hydrogen) atoms. The van der Waals surface area contributed by atoms with Crippen LogP contribution >= 0.6 is 0 Å². The molecule has 0 aromatic carbocycles. The number of carbonyl (C=O) groups is 3. The van der Waals surface area contributed by atoms with E-state index in [-0.39, 0.29) is 44.4 Å². The van der Waals surface area contributed by atoms with Crippen molar-refractivity contribution in [2.24, 2.45) is 0 Å². The highest BCUT2D eigenvalue weighted by molar-refractivity contribution is 5.71. The minimum absolute atomic E-state index is 0.149. The van der Waals surface area contributed by atoms with Crippen molar-refractivity contribution >= 4 is 17.9 Å². The number of unbranched alkanes of at least 4 members (excludes halogenated alkanes) is 4. The average Bonchev–Trinajstić information content (AvgIpc) is 3.33. The van der Waals surface area contributed by atoms with Crippen molar-refractivity contribution in [2.45, 2.75) is 181 Å². The normalized spacial score (nSPS) is 13.5. The smallest absolute Gasteiger partial charge is 0.306 e. The predicted molar refractivity (Wildman–Crippen MR) is 288 cm³/mol. The number of allylic oxidation sites excluding steroid dienone is 28. The Morgan fingerprint density at radius 1 is 0.299 bits per heavy atom. The molecule has 0 saturated carbocycles. The van der Waals surface area contributed by atoms with Gasteiger partial charge in [-0.05, 0) is 135 Å². The number of rotatable bonds is 43. The molecule has 0 amide bonds. The third kappa shape index (κ3) is 51.6. The maximum atomic E-state index is 12.8. The molecule has 0 aromatic heterocycles. The molecule has 0 N–H and O–H groups in total. The fraction of sp³-hybridized carbons (Fsp3) is 0.492. The van der Waals surface area contributed by atoms with E-state index in [0.717, 1.165) is 116 Å². The molecule has 6 nitrogen and oxygen atoms in total. The number of hydrogen-bond acceptors (Lipinski definition) is 6. The number of hydrogen-bond donors (Lipinski definition) is 0. The summed E-state index contributed by atoms with van der Waals surface area (Å²) in [4.78, 5) is 38.0. The Balaban J connectivity index is 4.69. The molecule has 0 fully saturated rings. The van der Waals surface area contributed by atoms with Crippen molar-refractivity contribution in [3.63, 3.8) is 0 Å². The molecule has 370 valence electrons. The maximum Gasteiger partial charge on any atom is 0.306 e. The SMILES string of the molecule is CC/C=C\C/C=C\C/C=C\C/C=C\C/C=C\CCCC(=O)OCC(COC(=O)CCCC/C=C\C/C=C\C/C=C\C/C=C\CC)OC(=O)CCC/C=C\C/C=C\C/C=C\C/C=C\C/C=C\CC. The van der Waals surface area contributed by atoms with E-state index in [1.165, 1.54) is 0 Å². The molecular weight excluding hydrogens is 829 g/mol. The number of carbonyl (C=O) groups excluding carboxylic acids is 3. The lowest BCUT2D eigenvalue weighted by atomic mass is 10.2. The Bertz CT molecular complexity index is 1620. The van der Waals surface area contributed by atoms with Gasteiger partial charge < -0.3 is 14.2 Å². The zero-order valence-corrected chi connectivity index (χ0v) is 42.1. The molecule has 0 aliphatic carbocycles. The first-order valence-electron chi connectivity index (χ1n) is 25.6. The van der Waals surface area contributed by atoms with Gasteiger partial charge in [-0.1, -0.05) is 191 Å². The van der Waals surface area contributed by atoms with E-state index in [2.05, 4.69) is 191 Å². The van der Waals surface area contributed by atoms with Crippen LogP contribution in [0.5, 0.6) is 0 Å². The summed E-state index contributed by atoms with van der Waals surface area (Å²) in [5.41, 5.74) is 0. The standard InChI is InChI=1S/C61H90O6/c1-4-7-10-13-16-19-22-25-28-30-33-36-39-42-45-48-51-54-60(63)66-57-58(56-65-59(62)53-50-47-44-41-38-35-32-27-24-21-18-15-12-9-6-3)67-61(64)55-52-49-46-43-40-37-34-31-29-26-23-20-17-14-11-8-5-2/h7-12,16-21,25-29,32-34,36-38,41-43,45-46,58H,4-6,13-15,22-24,30-31,35,39-40,44,47-57H2,1-3H3/b10-7-,11-8-,12-9-,19-16-,20-17-,21-18-,28-25-,29-26-,32-27-,36-33-,37-34-,41-38-,45-42-,46-43-. The van der Waals surface area contributed by atoms with Crippen LogP contribution < -0.4 is 0 Å². The summed E-state index contributed by atoms with van der Waals surface area (Å²) < 4.78 is 16.7. The van der Waals surface area contributed by atoms with Crippen molar-refractivity contribution in [2.75, 3.05) is 13.2 Å². The summed E-state index contributed by atoms with van der Waals surface area (Å²) >= 11 is 0. The minimum Gasteiger partial charge on any atom is -0.462 e. The fourth-order valence-electron chi connectivity index (χ4n) is 5.97. The van der Waals surface area contributed by atoms with E-state index in [1.807, 2.05) is 0 Å². The Hall–Kier alpha value is -5.23. The van der Waals surface area contributed by atoms with Crippen molar-refractivity contribution < 1.29 is 28.6 Å². The largest absolute Gasteiger partial charge is 0.462 e. The fourth-order valence-corrected chi connectivity index (χ4v) is 5.97. The van der Waals surface area contributed by atoms with Gasteiger partial charge in [0.15, 0.2) is 6.10 Å². The average molecular weight is 919 g/mol. The van der Waals surface area contributed by atoms with Crippen molar-refractivity contribution in [1.29, 1.82) is 0 Å². The van der Waals surface area contributed by atoms with E-state index in [9.17, 15) is 14.4 Å². The zero-order chi connectivity index (χ0) is 48.6. The molecule has 1 atom stereocenters. The van der Waals surface area contributed by atoms with Crippen LogP contribution in [0.25, 0.3) is 0 Å². The first kappa shape index (κ1) is 61.8. The zero-order valence-electron chi connectivity index (χ0n) is 42.1. The van der Waals surface area contributed by atoms with E-state index < -0.39 is 12.1 Å². The molecular formula is C61H90O6. The first-order valence-corrected chi connectivity index (χ1v) is 25.6. The predicted octanol–water partition coefficient (Wildman–Crippen LogP) is 17.2.